The summed E-state index contributed by atoms with van der Waals surface area (Å²) in [5.41, 5.74) is 1.83. The van der Waals surface area contributed by atoms with Gasteiger partial charge in [0.25, 0.3) is 10.0 Å². The zero-order chi connectivity index (χ0) is 25.1. The molecule has 0 saturated carbocycles. The normalized spacial score (nSPS) is 11.6. The Kier molecular flexibility index (Phi) is 7.54. The SMILES string of the molecule is Cc1cccc(N(CC(=O)Nc2cccc(N(C)S(C)(=O)=O)c2)S(=O)(=O)c2ccc(Cl)cc2)c1. The van der Waals surface area contributed by atoms with Gasteiger partial charge in [-0.05, 0) is 67.1 Å². The van der Waals surface area contributed by atoms with Crippen molar-refractivity contribution in [3.05, 3.63) is 83.4 Å². The van der Waals surface area contributed by atoms with Gasteiger partial charge in [-0.25, -0.2) is 16.8 Å². The van der Waals surface area contributed by atoms with Crippen LogP contribution in [-0.4, -0.2) is 42.6 Å². The summed E-state index contributed by atoms with van der Waals surface area (Å²) in [6.45, 7) is 1.32. The van der Waals surface area contributed by atoms with E-state index < -0.39 is 32.5 Å². The predicted molar refractivity (Wildman–Crippen MR) is 135 cm³/mol. The number of benzene rings is 3. The topological polar surface area (TPSA) is 104 Å². The van der Waals surface area contributed by atoms with E-state index in [0.717, 1.165) is 20.4 Å². The van der Waals surface area contributed by atoms with Crippen molar-refractivity contribution in [2.24, 2.45) is 0 Å². The Labute approximate surface area is 204 Å². The van der Waals surface area contributed by atoms with Crippen LogP contribution in [0.2, 0.25) is 5.02 Å². The quantitative estimate of drug-likeness (QED) is 0.484. The van der Waals surface area contributed by atoms with Crippen molar-refractivity contribution in [1.82, 2.24) is 0 Å². The maximum absolute atomic E-state index is 13.4. The summed E-state index contributed by atoms with van der Waals surface area (Å²) in [7, 11) is -6.18. The summed E-state index contributed by atoms with van der Waals surface area (Å²) >= 11 is 5.90. The standard InChI is InChI=1S/C23H24ClN3O5S2/c1-17-6-4-9-21(14-17)27(34(31,32)22-12-10-18(24)11-13-22)16-23(28)25-19-7-5-8-20(15-19)26(2)33(3,29)30/h4-15H,16H2,1-3H3,(H,25,28). The minimum atomic E-state index is -4.09. The lowest BCUT2D eigenvalue weighted by atomic mass is 10.2. The van der Waals surface area contributed by atoms with Gasteiger partial charge in [0.2, 0.25) is 15.9 Å². The number of hydrogen-bond donors (Lipinski definition) is 1. The van der Waals surface area contributed by atoms with Gasteiger partial charge in [-0.3, -0.25) is 13.4 Å². The Hall–Kier alpha value is -3.08. The largest absolute Gasteiger partial charge is 0.324 e. The molecule has 180 valence electrons. The third kappa shape index (κ3) is 6.07. The van der Waals surface area contributed by atoms with Gasteiger partial charge in [0.05, 0.1) is 22.5 Å². The second-order valence-electron chi connectivity index (χ2n) is 7.63. The maximum Gasteiger partial charge on any atom is 0.264 e. The summed E-state index contributed by atoms with van der Waals surface area (Å²) in [6.07, 6.45) is 1.07. The van der Waals surface area contributed by atoms with Gasteiger partial charge < -0.3 is 5.32 Å². The Bertz CT molecular complexity index is 1410. The van der Waals surface area contributed by atoms with Gasteiger partial charge in [-0.1, -0.05) is 29.8 Å². The first-order valence-electron chi connectivity index (χ1n) is 10.1. The number of nitrogens with zero attached hydrogens (tertiary/aromatic N) is 2. The van der Waals surface area contributed by atoms with Crippen LogP contribution in [0.1, 0.15) is 5.56 Å². The van der Waals surface area contributed by atoms with E-state index in [1.165, 1.54) is 37.4 Å². The fourth-order valence-corrected chi connectivity index (χ4v) is 5.17. The van der Waals surface area contributed by atoms with Gasteiger partial charge in [0, 0.05) is 17.8 Å². The van der Waals surface area contributed by atoms with E-state index in [4.69, 9.17) is 11.6 Å². The highest BCUT2D eigenvalue weighted by molar-refractivity contribution is 7.93. The third-order valence-corrected chi connectivity index (χ3v) is 8.22. The third-order valence-electron chi connectivity index (χ3n) is 4.97. The molecule has 0 aliphatic heterocycles. The molecule has 0 fully saturated rings. The molecule has 11 heteroatoms. The molecule has 0 atom stereocenters. The van der Waals surface area contributed by atoms with E-state index in [-0.39, 0.29) is 4.90 Å². The Morgan fingerprint density at radius 3 is 2.15 bits per heavy atom. The molecule has 3 aromatic rings. The molecule has 0 heterocycles. The first-order valence-corrected chi connectivity index (χ1v) is 13.7. The van der Waals surface area contributed by atoms with Crippen LogP contribution in [0.5, 0.6) is 0 Å². The highest BCUT2D eigenvalue weighted by atomic mass is 35.5. The van der Waals surface area contributed by atoms with Crippen molar-refractivity contribution in [3.63, 3.8) is 0 Å². The molecule has 0 spiro atoms. The lowest BCUT2D eigenvalue weighted by Crippen LogP contribution is -2.38. The molecule has 3 rings (SSSR count). The van der Waals surface area contributed by atoms with Crippen LogP contribution < -0.4 is 13.9 Å². The average molecular weight is 522 g/mol. The number of carbonyl (C=O) groups excluding carboxylic acids is 1. The number of sulfonamides is 2. The van der Waals surface area contributed by atoms with Crippen molar-refractivity contribution in [2.75, 3.05) is 33.8 Å². The highest BCUT2D eigenvalue weighted by Crippen LogP contribution is 2.26. The lowest BCUT2D eigenvalue weighted by molar-refractivity contribution is -0.114. The molecule has 1 amide bonds. The maximum atomic E-state index is 13.4. The molecular weight excluding hydrogens is 498 g/mol. The number of nitrogens with one attached hydrogen (secondary N) is 1. The number of rotatable bonds is 8. The number of carbonyl (C=O) groups is 1. The molecular formula is C23H24ClN3O5S2. The van der Waals surface area contributed by atoms with E-state index >= 15 is 0 Å². The molecule has 0 radical (unpaired) electrons. The Morgan fingerprint density at radius 1 is 0.912 bits per heavy atom. The highest BCUT2D eigenvalue weighted by Gasteiger charge is 2.27. The molecule has 8 nitrogen and oxygen atoms in total. The van der Waals surface area contributed by atoms with Crippen LogP contribution in [0.4, 0.5) is 17.1 Å². The fourth-order valence-electron chi connectivity index (χ4n) is 3.13. The van der Waals surface area contributed by atoms with Crippen molar-refractivity contribution in [1.29, 1.82) is 0 Å². The van der Waals surface area contributed by atoms with E-state index in [1.807, 2.05) is 13.0 Å². The van der Waals surface area contributed by atoms with Crippen molar-refractivity contribution >= 4 is 54.6 Å². The number of amides is 1. The minimum Gasteiger partial charge on any atom is -0.324 e. The zero-order valence-electron chi connectivity index (χ0n) is 18.8. The first kappa shape index (κ1) is 25.5. The molecule has 3 aromatic carbocycles. The van der Waals surface area contributed by atoms with Gasteiger partial charge in [0.1, 0.15) is 6.54 Å². The van der Waals surface area contributed by atoms with Gasteiger partial charge in [0.15, 0.2) is 0 Å². The van der Waals surface area contributed by atoms with Crippen molar-refractivity contribution in [2.45, 2.75) is 11.8 Å². The molecule has 0 saturated heterocycles. The average Bonchev–Trinajstić information content (AvgIpc) is 2.76. The summed E-state index contributed by atoms with van der Waals surface area (Å²) in [4.78, 5) is 12.9. The summed E-state index contributed by atoms with van der Waals surface area (Å²) in [5, 5.41) is 3.04. The molecule has 0 aliphatic rings. The molecule has 1 N–H and O–H groups in total. The van der Waals surface area contributed by atoms with Gasteiger partial charge in [-0.2, -0.15) is 0 Å². The lowest BCUT2D eigenvalue weighted by Gasteiger charge is -2.24. The van der Waals surface area contributed by atoms with Crippen LogP contribution in [-0.2, 0) is 24.8 Å². The van der Waals surface area contributed by atoms with Crippen LogP contribution in [0.25, 0.3) is 0 Å². The van der Waals surface area contributed by atoms with Gasteiger partial charge in [-0.15, -0.1) is 0 Å². The number of hydrogen-bond acceptors (Lipinski definition) is 5. The van der Waals surface area contributed by atoms with Crippen molar-refractivity contribution < 1.29 is 21.6 Å². The van der Waals surface area contributed by atoms with Crippen LogP contribution in [0, 0.1) is 6.92 Å². The van der Waals surface area contributed by atoms with E-state index in [9.17, 15) is 21.6 Å². The predicted octanol–water partition coefficient (Wildman–Crippen LogP) is 3.88. The first-order chi connectivity index (χ1) is 15.9. The molecule has 0 unspecified atom stereocenters. The van der Waals surface area contributed by atoms with Crippen LogP contribution in [0.15, 0.2) is 77.7 Å². The fraction of sp³-hybridized carbons (Fsp3) is 0.174. The van der Waals surface area contributed by atoms with Crippen LogP contribution >= 0.6 is 11.6 Å². The number of aryl methyl sites for hydroxylation is 1. The monoisotopic (exact) mass is 521 g/mol. The summed E-state index contributed by atoms with van der Waals surface area (Å²) in [5.74, 6) is -0.599. The van der Waals surface area contributed by atoms with Gasteiger partial charge >= 0.3 is 0 Å². The molecule has 0 bridgehead atoms. The minimum absolute atomic E-state index is 0.0111. The van der Waals surface area contributed by atoms with E-state index in [0.29, 0.717) is 22.1 Å². The Morgan fingerprint density at radius 2 is 1.53 bits per heavy atom. The van der Waals surface area contributed by atoms with E-state index in [1.54, 1.807) is 36.4 Å². The second-order valence-corrected chi connectivity index (χ2v) is 11.9. The molecule has 34 heavy (non-hydrogen) atoms. The zero-order valence-corrected chi connectivity index (χ0v) is 21.2. The Balaban J connectivity index is 1.92. The smallest absolute Gasteiger partial charge is 0.264 e. The summed E-state index contributed by atoms with van der Waals surface area (Å²) in [6, 6.07) is 18.7. The molecule has 0 aromatic heterocycles. The number of anilines is 3. The van der Waals surface area contributed by atoms with Crippen LogP contribution in [0.3, 0.4) is 0 Å². The van der Waals surface area contributed by atoms with E-state index in [2.05, 4.69) is 5.32 Å². The number of halogens is 1. The molecule has 0 aliphatic carbocycles. The summed E-state index contributed by atoms with van der Waals surface area (Å²) < 4.78 is 52.6. The second kappa shape index (κ2) is 10.0. The van der Waals surface area contributed by atoms with Crippen molar-refractivity contribution in [3.8, 4) is 0 Å².